The topological polar surface area (TPSA) is 46.5 Å². The van der Waals surface area contributed by atoms with Gasteiger partial charge in [0.2, 0.25) is 0 Å². The molecule has 1 aliphatic carbocycles. The van der Waals surface area contributed by atoms with Gasteiger partial charge in [0.1, 0.15) is 5.76 Å². The first-order chi connectivity index (χ1) is 14.4. The van der Waals surface area contributed by atoms with E-state index in [4.69, 9.17) is 4.74 Å². The van der Waals surface area contributed by atoms with Crippen LogP contribution in [-0.4, -0.2) is 24.1 Å². The molecule has 0 radical (unpaired) electrons. The highest BCUT2D eigenvalue weighted by Crippen LogP contribution is 2.38. The molecule has 2 aromatic rings. The summed E-state index contributed by atoms with van der Waals surface area (Å²) in [7, 11) is 0. The molecule has 2 aromatic carbocycles. The Bertz CT molecular complexity index is 990. The molecule has 1 aliphatic heterocycles. The highest BCUT2D eigenvalue weighted by atomic mass is 19.2. The highest BCUT2D eigenvalue weighted by Gasteiger charge is 2.31. The van der Waals surface area contributed by atoms with Crippen LogP contribution in [0.4, 0.5) is 8.78 Å². The predicted octanol–water partition coefficient (Wildman–Crippen LogP) is 6.01. The van der Waals surface area contributed by atoms with Crippen LogP contribution in [0, 0.1) is 30.4 Å². The molecule has 1 fully saturated rings. The van der Waals surface area contributed by atoms with Gasteiger partial charge in [-0.05, 0) is 78.5 Å². The summed E-state index contributed by atoms with van der Waals surface area (Å²) < 4.78 is 32.4. The first-order valence-electron chi connectivity index (χ1n) is 10.5. The van der Waals surface area contributed by atoms with Gasteiger partial charge in [-0.1, -0.05) is 18.2 Å². The van der Waals surface area contributed by atoms with Crippen molar-refractivity contribution < 1.29 is 23.4 Å². The zero-order valence-electron chi connectivity index (χ0n) is 17.1. The van der Waals surface area contributed by atoms with Crippen LogP contribution >= 0.6 is 0 Å². The third-order valence-corrected chi connectivity index (χ3v) is 6.29. The minimum atomic E-state index is -0.915. The van der Waals surface area contributed by atoms with E-state index in [-0.39, 0.29) is 17.5 Å². The zero-order valence-corrected chi connectivity index (χ0v) is 17.1. The van der Waals surface area contributed by atoms with E-state index in [1.54, 1.807) is 6.07 Å². The molecule has 2 aliphatic rings. The van der Waals surface area contributed by atoms with Gasteiger partial charge in [-0.2, -0.15) is 0 Å². The maximum absolute atomic E-state index is 13.7. The van der Waals surface area contributed by atoms with Crippen LogP contribution in [-0.2, 0) is 9.53 Å². The molecule has 0 saturated carbocycles. The number of aliphatic hydroxyl groups is 1. The van der Waals surface area contributed by atoms with E-state index in [1.807, 2.05) is 19.1 Å². The Balaban J connectivity index is 1.61. The van der Waals surface area contributed by atoms with Gasteiger partial charge in [0.15, 0.2) is 17.4 Å². The van der Waals surface area contributed by atoms with Crippen LogP contribution in [0.1, 0.15) is 43.2 Å². The normalized spacial score (nSPS) is 20.6. The molecule has 158 valence electrons. The van der Waals surface area contributed by atoms with Crippen LogP contribution in [0.15, 0.2) is 42.2 Å². The Labute approximate surface area is 175 Å². The molecule has 1 heterocycles. The van der Waals surface area contributed by atoms with Crippen molar-refractivity contribution >= 4 is 11.4 Å². The minimum Gasteiger partial charge on any atom is -0.512 e. The summed E-state index contributed by atoms with van der Waals surface area (Å²) in [6, 6.07) is 9.17. The molecule has 3 nitrogen and oxygen atoms in total. The summed E-state index contributed by atoms with van der Waals surface area (Å²) in [6.45, 7) is 3.43. The zero-order chi connectivity index (χ0) is 21.3. The molecule has 1 unspecified atom stereocenters. The molecular formula is C25H26F2O3. The lowest BCUT2D eigenvalue weighted by molar-refractivity contribution is -0.115. The molecule has 0 bridgehead atoms. The van der Waals surface area contributed by atoms with E-state index in [1.165, 1.54) is 6.07 Å². The Kier molecular flexibility index (Phi) is 6.00. The number of hydrogen-bond donors (Lipinski definition) is 1. The van der Waals surface area contributed by atoms with E-state index < -0.39 is 11.6 Å². The fourth-order valence-electron chi connectivity index (χ4n) is 4.65. The highest BCUT2D eigenvalue weighted by molar-refractivity contribution is 6.22. The number of halogens is 2. The van der Waals surface area contributed by atoms with E-state index in [2.05, 4.69) is 0 Å². The second-order valence-electron chi connectivity index (χ2n) is 8.47. The molecule has 0 spiro atoms. The number of benzene rings is 2. The Hall–Kier alpha value is -2.53. The fraction of sp³-hybridized carbons (Fsp3) is 0.400. The van der Waals surface area contributed by atoms with E-state index in [0.717, 1.165) is 50.2 Å². The van der Waals surface area contributed by atoms with Gasteiger partial charge in [-0.3, -0.25) is 4.79 Å². The van der Waals surface area contributed by atoms with Gasteiger partial charge >= 0.3 is 0 Å². The molecule has 1 atom stereocenters. The molecule has 4 rings (SSSR count). The summed E-state index contributed by atoms with van der Waals surface area (Å²) in [4.78, 5) is 13.0. The smallest absolute Gasteiger partial charge is 0.167 e. The van der Waals surface area contributed by atoms with Gasteiger partial charge in [-0.15, -0.1) is 0 Å². The lowest BCUT2D eigenvalue weighted by Gasteiger charge is -2.29. The SMILES string of the molecule is Cc1ccc(-c2ccc(F)c(F)c2)cc1C1=C(O)CC(CC2CCOCC2)CC1=O. The first kappa shape index (κ1) is 20.7. The molecule has 0 amide bonds. The number of carbonyl (C=O) groups excluding carboxylic acids is 1. The standard InChI is InChI=1S/C25H26F2O3/c1-15-2-3-18(19-4-5-21(26)22(27)14-19)13-20(15)25-23(28)11-17(12-24(25)29)10-16-6-8-30-9-7-16/h2-5,13-14,16-17,28H,6-12H2,1H3. The Morgan fingerprint density at radius 3 is 2.37 bits per heavy atom. The average molecular weight is 412 g/mol. The maximum Gasteiger partial charge on any atom is 0.167 e. The van der Waals surface area contributed by atoms with Crippen LogP contribution in [0.25, 0.3) is 16.7 Å². The van der Waals surface area contributed by atoms with Crippen LogP contribution < -0.4 is 0 Å². The largest absolute Gasteiger partial charge is 0.512 e. The number of allylic oxidation sites excluding steroid dienone is 2. The van der Waals surface area contributed by atoms with Crippen molar-refractivity contribution in [3.63, 3.8) is 0 Å². The molecule has 1 saturated heterocycles. The Morgan fingerprint density at radius 1 is 0.967 bits per heavy atom. The molecular weight excluding hydrogens is 386 g/mol. The second kappa shape index (κ2) is 8.68. The average Bonchev–Trinajstić information content (AvgIpc) is 2.72. The van der Waals surface area contributed by atoms with Crippen molar-refractivity contribution in [1.29, 1.82) is 0 Å². The lowest BCUT2D eigenvalue weighted by atomic mass is 9.77. The molecule has 5 heteroatoms. The van der Waals surface area contributed by atoms with Gasteiger partial charge < -0.3 is 9.84 Å². The summed E-state index contributed by atoms with van der Waals surface area (Å²) in [6.07, 6.45) is 3.87. The fourth-order valence-corrected chi connectivity index (χ4v) is 4.65. The molecule has 1 N–H and O–H groups in total. The van der Waals surface area contributed by atoms with Crippen molar-refractivity contribution in [2.24, 2.45) is 11.8 Å². The number of hydrogen-bond acceptors (Lipinski definition) is 3. The second-order valence-corrected chi connectivity index (χ2v) is 8.47. The van der Waals surface area contributed by atoms with Gasteiger partial charge in [0.25, 0.3) is 0 Å². The van der Waals surface area contributed by atoms with Crippen molar-refractivity contribution in [1.82, 2.24) is 0 Å². The number of Topliss-reactive ketones (excluding diaryl/α,β-unsaturated/α-hetero) is 1. The van der Waals surface area contributed by atoms with Gasteiger partial charge in [-0.25, -0.2) is 8.78 Å². The summed E-state index contributed by atoms with van der Waals surface area (Å²) in [5.41, 5.74) is 3.08. The third kappa shape index (κ3) is 4.31. The van der Waals surface area contributed by atoms with Gasteiger partial charge in [0, 0.05) is 26.1 Å². The quantitative estimate of drug-likeness (QED) is 0.669. The maximum atomic E-state index is 13.7. The minimum absolute atomic E-state index is 0.0543. The number of ketones is 1. The van der Waals surface area contributed by atoms with E-state index in [0.29, 0.717) is 41.0 Å². The van der Waals surface area contributed by atoms with Crippen LogP contribution in [0.2, 0.25) is 0 Å². The Morgan fingerprint density at radius 2 is 1.67 bits per heavy atom. The molecule has 30 heavy (non-hydrogen) atoms. The number of aryl methyl sites for hydroxylation is 1. The van der Waals surface area contributed by atoms with Crippen molar-refractivity contribution in [2.75, 3.05) is 13.2 Å². The third-order valence-electron chi connectivity index (χ3n) is 6.29. The lowest BCUT2D eigenvalue weighted by Crippen LogP contribution is -2.24. The summed E-state index contributed by atoms with van der Waals surface area (Å²) in [5, 5.41) is 10.8. The molecule has 0 aromatic heterocycles. The van der Waals surface area contributed by atoms with E-state index >= 15 is 0 Å². The predicted molar refractivity (Wildman–Crippen MR) is 112 cm³/mol. The number of aliphatic hydroxyl groups excluding tert-OH is 1. The van der Waals surface area contributed by atoms with Crippen LogP contribution in [0.5, 0.6) is 0 Å². The summed E-state index contributed by atoms with van der Waals surface area (Å²) >= 11 is 0. The monoisotopic (exact) mass is 412 g/mol. The van der Waals surface area contributed by atoms with Crippen LogP contribution in [0.3, 0.4) is 0 Å². The van der Waals surface area contributed by atoms with Gasteiger partial charge in [0.05, 0.1) is 5.57 Å². The summed E-state index contributed by atoms with van der Waals surface area (Å²) in [5.74, 6) is -1.04. The first-order valence-corrected chi connectivity index (χ1v) is 10.5. The number of carbonyl (C=O) groups is 1. The van der Waals surface area contributed by atoms with Crippen molar-refractivity contribution in [3.8, 4) is 11.1 Å². The number of rotatable bonds is 4. The van der Waals surface area contributed by atoms with Crippen molar-refractivity contribution in [2.45, 2.75) is 39.0 Å². The van der Waals surface area contributed by atoms with Crippen molar-refractivity contribution in [3.05, 3.63) is 64.9 Å². The number of ether oxygens (including phenoxy) is 1. The van der Waals surface area contributed by atoms with E-state index in [9.17, 15) is 18.7 Å².